The average molecular weight is 266 g/mol. The minimum absolute atomic E-state index is 0.00165. The molecule has 0 unspecified atom stereocenters. The summed E-state index contributed by atoms with van der Waals surface area (Å²) >= 11 is 5.91. The number of hydrogen-bond donors (Lipinski definition) is 1. The van der Waals surface area contributed by atoms with E-state index in [9.17, 15) is 9.59 Å². The first kappa shape index (κ1) is 12.6. The van der Waals surface area contributed by atoms with Crippen molar-refractivity contribution in [3.05, 3.63) is 45.3 Å². The van der Waals surface area contributed by atoms with E-state index in [1.54, 1.807) is 18.2 Å². The van der Waals surface area contributed by atoms with Gasteiger partial charge in [-0.3, -0.25) is 4.79 Å². The van der Waals surface area contributed by atoms with Crippen LogP contribution in [-0.2, 0) is 0 Å². The van der Waals surface area contributed by atoms with Gasteiger partial charge in [-0.05, 0) is 18.6 Å². The Balaban J connectivity index is 2.50. The highest BCUT2D eigenvalue weighted by atomic mass is 35.5. The summed E-state index contributed by atoms with van der Waals surface area (Å²) in [5.41, 5.74) is -0.376. The highest BCUT2D eigenvalue weighted by Gasteiger charge is 2.13. The van der Waals surface area contributed by atoms with E-state index in [1.807, 2.05) is 6.92 Å². The highest BCUT2D eigenvalue weighted by Crippen LogP contribution is 2.22. The molecule has 0 spiro atoms. The lowest BCUT2D eigenvalue weighted by Gasteiger charge is -2.04. The van der Waals surface area contributed by atoms with Gasteiger partial charge in [-0.1, -0.05) is 30.7 Å². The second-order valence-electron chi connectivity index (χ2n) is 3.86. The number of fused-ring (bicyclic) bond motifs is 1. The number of amides is 1. The van der Waals surface area contributed by atoms with E-state index < -0.39 is 11.5 Å². The molecule has 1 amide bonds. The van der Waals surface area contributed by atoms with E-state index in [-0.39, 0.29) is 5.56 Å². The first-order valence-corrected chi connectivity index (χ1v) is 6.02. The standard InChI is InChI=1S/C13H12ClNO3/c1-2-6-15-12(16)9-7-8-4-3-5-10(14)11(8)18-13(9)17/h3-5,7H,2,6H2,1H3,(H,15,16). The maximum atomic E-state index is 11.7. The fourth-order valence-corrected chi connectivity index (χ4v) is 1.82. The van der Waals surface area contributed by atoms with Crippen LogP contribution in [0, 0.1) is 0 Å². The van der Waals surface area contributed by atoms with E-state index in [4.69, 9.17) is 16.0 Å². The predicted molar refractivity (Wildman–Crippen MR) is 70.1 cm³/mol. The zero-order chi connectivity index (χ0) is 13.1. The van der Waals surface area contributed by atoms with E-state index in [0.717, 1.165) is 6.42 Å². The molecule has 0 saturated carbocycles. The van der Waals surface area contributed by atoms with Crippen molar-refractivity contribution < 1.29 is 9.21 Å². The number of hydrogen-bond acceptors (Lipinski definition) is 3. The molecular weight excluding hydrogens is 254 g/mol. The van der Waals surface area contributed by atoms with Crippen molar-refractivity contribution in [3.8, 4) is 0 Å². The van der Waals surface area contributed by atoms with Gasteiger partial charge in [0.15, 0.2) is 5.58 Å². The zero-order valence-corrected chi connectivity index (χ0v) is 10.6. The molecule has 94 valence electrons. The van der Waals surface area contributed by atoms with Gasteiger partial charge < -0.3 is 9.73 Å². The lowest BCUT2D eigenvalue weighted by molar-refractivity contribution is 0.0950. The van der Waals surface area contributed by atoms with Crippen LogP contribution in [0.3, 0.4) is 0 Å². The van der Waals surface area contributed by atoms with E-state index in [2.05, 4.69) is 5.32 Å². The predicted octanol–water partition coefficient (Wildman–Crippen LogP) is 2.59. The second-order valence-corrected chi connectivity index (χ2v) is 4.27. The lowest BCUT2D eigenvalue weighted by Crippen LogP contribution is -2.28. The Morgan fingerprint density at radius 1 is 1.44 bits per heavy atom. The number of rotatable bonds is 3. The Morgan fingerprint density at radius 3 is 2.94 bits per heavy atom. The minimum atomic E-state index is -0.677. The van der Waals surface area contributed by atoms with E-state index in [0.29, 0.717) is 22.5 Å². The summed E-state index contributed by atoms with van der Waals surface area (Å²) < 4.78 is 5.08. The number of carbonyl (C=O) groups is 1. The van der Waals surface area contributed by atoms with Crippen LogP contribution in [0.5, 0.6) is 0 Å². The number of carbonyl (C=O) groups excluding carboxylic acids is 1. The van der Waals surface area contributed by atoms with Gasteiger partial charge in [0.2, 0.25) is 0 Å². The van der Waals surface area contributed by atoms with Crippen LogP contribution in [-0.4, -0.2) is 12.5 Å². The van der Waals surface area contributed by atoms with Crippen molar-refractivity contribution >= 4 is 28.5 Å². The molecule has 0 fully saturated rings. The molecule has 4 nitrogen and oxygen atoms in total. The molecular formula is C13H12ClNO3. The Hall–Kier alpha value is -1.81. The Bertz CT molecular complexity index is 648. The molecule has 0 bridgehead atoms. The third kappa shape index (κ3) is 2.38. The summed E-state index contributed by atoms with van der Waals surface area (Å²) in [6, 6.07) is 6.60. The third-order valence-corrected chi connectivity index (χ3v) is 2.79. The smallest absolute Gasteiger partial charge is 0.349 e. The van der Waals surface area contributed by atoms with Gasteiger partial charge in [0.05, 0.1) is 5.02 Å². The van der Waals surface area contributed by atoms with Gasteiger partial charge in [-0.15, -0.1) is 0 Å². The molecule has 1 N–H and O–H groups in total. The van der Waals surface area contributed by atoms with Crippen molar-refractivity contribution in [2.24, 2.45) is 0 Å². The molecule has 0 radical (unpaired) electrons. The molecule has 1 aromatic carbocycles. The van der Waals surface area contributed by atoms with Crippen LogP contribution < -0.4 is 10.9 Å². The molecule has 18 heavy (non-hydrogen) atoms. The normalized spacial score (nSPS) is 10.6. The van der Waals surface area contributed by atoms with Gasteiger partial charge >= 0.3 is 5.63 Å². The Kier molecular flexibility index (Phi) is 3.67. The summed E-state index contributed by atoms with van der Waals surface area (Å²) in [5.74, 6) is -0.424. The van der Waals surface area contributed by atoms with Gasteiger partial charge in [0, 0.05) is 11.9 Å². The summed E-state index contributed by atoms with van der Waals surface area (Å²) in [5, 5.41) is 3.62. The highest BCUT2D eigenvalue weighted by molar-refractivity contribution is 6.34. The number of benzene rings is 1. The monoisotopic (exact) mass is 265 g/mol. The van der Waals surface area contributed by atoms with Crippen LogP contribution in [0.25, 0.3) is 11.0 Å². The van der Waals surface area contributed by atoms with Crippen LogP contribution in [0.1, 0.15) is 23.7 Å². The van der Waals surface area contributed by atoms with Crippen molar-refractivity contribution in [1.82, 2.24) is 5.32 Å². The molecule has 0 atom stereocenters. The van der Waals surface area contributed by atoms with Crippen molar-refractivity contribution in [2.45, 2.75) is 13.3 Å². The molecule has 2 rings (SSSR count). The molecule has 0 aliphatic heterocycles. The molecule has 1 heterocycles. The van der Waals surface area contributed by atoms with Gasteiger partial charge in [0.25, 0.3) is 5.91 Å². The van der Waals surface area contributed by atoms with Gasteiger partial charge in [-0.2, -0.15) is 0 Å². The van der Waals surface area contributed by atoms with Crippen LogP contribution >= 0.6 is 11.6 Å². The van der Waals surface area contributed by atoms with Gasteiger partial charge in [0.1, 0.15) is 5.56 Å². The van der Waals surface area contributed by atoms with Crippen molar-refractivity contribution in [3.63, 3.8) is 0 Å². The maximum absolute atomic E-state index is 11.7. The summed E-state index contributed by atoms with van der Waals surface area (Å²) in [6.07, 6.45) is 0.802. The Labute approximate surface area is 109 Å². The molecule has 0 saturated heterocycles. The van der Waals surface area contributed by atoms with Crippen molar-refractivity contribution in [1.29, 1.82) is 0 Å². The first-order chi connectivity index (χ1) is 8.63. The van der Waals surface area contributed by atoms with Gasteiger partial charge in [-0.25, -0.2) is 4.79 Å². The summed E-state index contributed by atoms with van der Waals surface area (Å²) in [4.78, 5) is 23.5. The van der Waals surface area contributed by atoms with Crippen LogP contribution in [0.15, 0.2) is 33.5 Å². The Morgan fingerprint density at radius 2 is 2.22 bits per heavy atom. The quantitative estimate of drug-likeness (QED) is 0.868. The molecule has 2 aromatic rings. The molecule has 5 heteroatoms. The molecule has 0 aliphatic carbocycles. The summed E-state index contributed by atoms with van der Waals surface area (Å²) in [6.45, 7) is 2.45. The first-order valence-electron chi connectivity index (χ1n) is 5.64. The number of nitrogens with one attached hydrogen (secondary N) is 1. The lowest BCUT2D eigenvalue weighted by atomic mass is 10.2. The largest absolute Gasteiger partial charge is 0.421 e. The van der Waals surface area contributed by atoms with E-state index in [1.165, 1.54) is 6.07 Å². The average Bonchev–Trinajstić information content (AvgIpc) is 2.36. The van der Waals surface area contributed by atoms with Crippen molar-refractivity contribution in [2.75, 3.05) is 6.54 Å². The molecule has 1 aromatic heterocycles. The molecule has 0 aliphatic rings. The number of para-hydroxylation sites is 1. The van der Waals surface area contributed by atoms with Crippen LogP contribution in [0.4, 0.5) is 0 Å². The van der Waals surface area contributed by atoms with E-state index >= 15 is 0 Å². The zero-order valence-electron chi connectivity index (χ0n) is 9.83. The topological polar surface area (TPSA) is 59.3 Å². The summed E-state index contributed by atoms with van der Waals surface area (Å²) in [7, 11) is 0. The second kappa shape index (κ2) is 5.23. The number of halogens is 1. The fourth-order valence-electron chi connectivity index (χ4n) is 1.60. The minimum Gasteiger partial charge on any atom is -0.421 e. The fraction of sp³-hybridized carbons (Fsp3) is 0.231. The van der Waals surface area contributed by atoms with Crippen LogP contribution in [0.2, 0.25) is 5.02 Å². The third-order valence-electron chi connectivity index (χ3n) is 2.49. The SMILES string of the molecule is CCCNC(=O)c1cc2cccc(Cl)c2oc1=O. The maximum Gasteiger partial charge on any atom is 0.349 e.